The summed E-state index contributed by atoms with van der Waals surface area (Å²) in [5, 5.41) is 9.60. The molecule has 0 unspecified atom stereocenters. The van der Waals surface area contributed by atoms with Crippen LogP contribution in [0.1, 0.15) is 277 Å². The Morgan fingerprint density at radius 1 is 0.358 bits per heavy atom. The molecule has 0 aliphatic carbocycles. The molecule has 0 spiro atoms. The number of ether oxygens (including phenoxy) is 2. The minimum atomic E-state index is -0.762. The fraction of sp³-hybridized carbons (Fsp3) is 0.958. The second-order valence-corrected chi connectivity index (χ2v) is 16.6. The average molecular weight is 751 g/mol. The monoisotopic (exact) mass is 751 g/mol. The van der Waals surface area contributed by atoms with Crippen molar-refractivity contribution in [3.63, 3.8) is 0 Å². The molecule has 0 fully saturated rings. The third kappa shape index (κ3) is 43.5. The molecule has 316 valence electrons. The Kier molecular flexibility index (Phi) is 44.4. The van der Waals surface area contributed by atoms with E-state index in [9.17, 15) is 14.7 Å². The summed E-state index contributed by atoms with van der Waals surface area (Å²) in [6, 6.07) is 0. The number of carbonyl (C=O) groups is 2. The van der Waals surface area contributed by atoms with Gasteiger partial charge in [-0.2, -0.15) is 0 Å². The SMILES string of the molecule is CCCCCCCCCCCCCCCCCCCCCCCCC(=O)OC[C@H](CO)OC(=O)CCCCCCCCCCCCCCCCCCC. The van der Waals surface area contributed by atoms with E-state index in [1.807, 2.05) is 0 Å². The van der Waals surface area contributed by atoms with Gasteiger partial charge in [-0.3, -0.25) is 9.59 Å². The third-order valence-corrected chi connectivity index (χ3v) is 11.2. The maximum Gasteiger partial charge on any atom is 0.306 e. The van der Waals surface area contributed by atoms with E-state index in [4.69, 9.17) is 9.47 Å². The highest BCUT2D eigenvalue weighted by atomic mass is 16.6. The number of unbranched alkanes of at least 4 members (excludes halogenated alkanes) is 37. The molecule has 0 saturated carbocycles. The maximum atomic E-state index is 12.2. The Hall–Kier alpha value is -1.10. The summed E-state index contributed by atoms with van der Waals surface area (Å²) in [5.74, 6) is -0.568. The van der Waals surface area contributed by atoms with Gasteiger partial charge in [-0.1, -0.05) is 251 Å². The van der Waals surface area contributed by atoms with E-state index in [1.165, 1.54) is 218 Å². The topological polar surface area (TPSA) is 72.8 Å². The molecule has 5 heteroatoms. The summed E-state index contributed by atoms with van der Waals surface area (Å²) < 4.78 is 10.7. The smallest absolute Gasteiger partial charge is 0.306 e. The van der Waals surface area contributed by atoms with Crippen LogP contribution in [0.25, 0.3) is 0 Å². The lowest BCUT2D eigenvalue weighted by Crippen LogP contribution is -2.28. The second-order valence-electron chi connectivity index (χ2n) is 16.6. The number of hydrogen-bond donors (Lipinski definition) is 1. The molecule has 53 heavy (non-hydrogen) atoms. The molecule has 0 heterocycles. The molecular weight excluding hydrogens is 657 g/mol. The summed E-state index contributed by atoms with van der Waals surface area (Å²) in [5.41, 5.74) is 0. The zero-order valence-electron chi connectivity index (χ0n) is 36.1. The highest BCUT2D eigenvalue weighted by Crippen LogP contribution is 2.17. The van der Waals surface area contributed by atoms with Crippen molar-refractivity contribution < 1.29 is 24.2 Å². The fourth-order valence-corrected chi connectivity index (χ4v) is 7.50. The molecule has 0 saturated heterocycles. The summed E-state index contributed by atoms with van der Waals surface area (Å²) in [7, 11) is 0. The lowest BCUT2D eigenvalue weighted by atomic mass is 10.0. The van der Waals surface area contributed by atoms with Crippen LogP contribution >= 0.6 is 0 Å². The predicted octanol–water partition coefficient (Wildman–Crippen LogP) is 15.5. The molecule has 0 aromatic rings. The highest BCUT2D eigenvalue weighted by molar-refractivity contribution is 5.70. The van der Waals surface area contributed by atoms with Gasteiger partial charge in [0.25, 0.3) is 0 Å². The first kappa shape index (κ1) is 51.9. The molecule has 0 aromatic carbocycles. The van der Waals surface area contributed by atoms with Crippen molar-refractivity contribution in [1.29, 1.82) is 0 Å². The number of esters is 2. The molecule has 0 bridgehead atoms. The van der Waals surface area contributed by atoms with Crippen molar-refractivity contribution in [1.82, 2.24) is 0 Å². The van der Waals surface area contributed by atoms with E-state index in [2.05, 4.69) is 13.8 Å². The van der Waals surface area contributed by atoms with Gasteiger partial charge in [-0.05, 0) is 12.8 Å². The summed E-state index contributed by atoms with van der Waals surface area (Å²) in [6.07, 6.45) is 51.9. The first-order chi connectivity index (χ1) is 26.1. The zero-order chi connectivity index (χ0) is 38.6. The van der Waals surface area contributed by atoms with Crippen LogP contribution in [-0.2, 0) is 19.1 Å². The zero-order valence-corrected chi connectivity index (χ0v) is 36.1. The van der Waals surface area contributed by atoms with Crippen molar-refractivity contribution in [2.24, 2.45) is 0 Å². The van der Waals surface area contributed by atoms with Gasteiger partial charge in [0.15, 0.2) is 6.10 Å². The molecule has 0 radical (unpaired) electrons. The number of hydrogen-bond acceptors (Lipinski definition) is 5. The minimum absolute atomic E-state index is 0.0561. The third-order valence-electron chi connectivity index (χ3n) is 11.2. The van der Waals surface area contributed by atoms with Crippen LogP contribution in [0.5, 0.6) is 0 Å². The van der Waals surface area contributed by atoms with Crippen LogP contribution in [0.4, 0.5) is 0 Å². The minimum Gasteiger partial charge on any atom is -0.462 e. The van der Waals surface area contributed by atoms with Gasteiger partial charge in [0, 0.05) is 12.8 Å². The summed E-state index contributed by atoms with van der Waals surface area (Å²) in [4.78, 5) is 24.4. The number of carbonyl (C=O) groups excluding carboxylic acids is 2. The van der Waals surface area contributed by atoms with Gasteiger partial charge >= 0.3 is 11.9 Å². The Morgan fingerprint density at radius 2 is 0.585 bits per heavy atom. The van der Waals surface area contributed by atoms with E-state index < -0.39 is 6.10 Å². The van der Waals surface area contributed by atoms with E-state index in [1.54, 1.807) is 0 Å². The van der Waals surface area contributed by atoms with Crippen LogP contribution in [0.2, 0.25) is 0 Å². The number of aliphatic hydroxyl groups excluding tert-OH is 1. The van der Waals surface area contributed by atoms with Gasteiger partial charge in [0.2, 0.25) is 0 Å². The normalized spacial score (nSPS) is 12.0. The van der Waals surface area contributed by atoms with E-state index in [0.29, 0.717) is 12.8 Å². The summed E-state index contributed by atoms with van der Waals surface area (Å²) >= 11 is 0. The average Bonchev–Trinajstić information content (AvgIpc) is 3.16. The maximum absolute atomic E-state index is 12.2. The number of rotatable bonds is 45. The standard InChI is InChI=1S/C48H94O5/c1-3-5-7-9-11-13-15-17-19-21-22-23-24-25-27-28-30-32-34-36-38-40-42-47(50)52-45-46(44-49)53-48(51)43-41-39-37-35-33-31-29-26-20-18-16-14-12-10-8-6-4-2/h46,49H,3-45H2,1-2H3/t46-/m0/s1. The van der Waals surface area contributed by atoms with Crippen LogP contribution < -0.4 is 0 Å². The van der Waals surface area contributed by atoms with Gasteiger partial charge in [0.1, 0.15) is 6.61 Å². The van der Waals surface area contributed by atoms with Crippen molar-refractivity contribution in [2.75, 3.05) is 13.2 Å². The molecular formula is C48H94O5. The predicted molar refractivity (Wildman–Crippen MR) is 229 cm³/mol. The van der Waals surface area contributed by atoms with Crippen molar-refractivity contribution in [2.45, 2.75) is 283 Å². The fourth-order valence-electron chi connectivity index (χ4n) is 7.50. The molecule has 0 aliphatic rings. The summed E-state index contributed by atoms with van der Waals surface area (Å²) in [6.45, 7) is 4.19. The molecule has 0 amide bonds. The van der Waals surface area contributed by atoms with Crippen LogP contribution in [0.3, 0.4) is 0 Å². The lowest BCUT2D eigenvalue weighted by Gasteiger charge is -2.15. The van der Waals surface area contributed by atoms with Gasteiger partial charge in [-0.15, -0.1) is 0 Å². The first-order valence-electron chi connectivity index (χ1n) is 24.1. The molecule has 0 rings (SSSR count). The Balaban J connectivity index is 3.43. The number of aliphatic hydroxyl groups is 1. The van der Waals surface area contributed by atoms with Crippen LogP contribution in [-0.4, -0.2) is 36.4 Å². The first-order valence-corrected chi connectivity index (χ1v) is 24.1. The van der Waals surface area contributed by atoms with Gasteiger partial charge < -0.3 is 14.6 Å². The van der Waals surface area contributed by atoms with Crippen molar-refractivity contribution in [3.8, 4) is 0 Å². The molecule has 1 atom stereocenters. The molecule has 0 aromatic heterocycles. The molecule has 5 nitrogen and oxygen atoms in total. The molecule has 1 N–H and O–H groups in total. The second kappa shape index (κ2) is 45.3. The Bertz CT molecular complexity index is 725. The van der Waals surface area contributed by atoms with E-state index >= 15 is 0 Å². The lowest BCUT2D eigenvalue weighted by molar-refractivity contribution is -0.161. The Morgan fingerprint density at radius 3 is 0.830 bits per heavy atom. The van der Waals surface area contributed by atoms with Crippen LogP contribution in [0, 0.1) is 0 Å². The van der Waals surface area contributed by atoms with E-state index in [-0.39, 0.29) is 25.2 Å². The van der Waals surface area contributed by atoms with Gasteiger partial charge in [-0.25, -0.2) is 0 Å². The molecule has 0 aliphatic heterocycles. The Labute approximate surface area is 331 Å². The quantitative estimate of drug-likeness (QED) is 0.0495. The van der Waals surface area contributed by atoms with Crippen molar-refractivity contribution >= 4 is 11.9 Å². The van der Waals surface area contributed by atoms with E-state index in [0.717, 1.165) is 32.1 Å². The highest BCUT2D eigenvalue weighted by Gasteiger charge is 2.16. The van der Waals surface area contributed by atoms with Crippen molar-refractivity contribution in [3.05, 3.63) is 0 Å². The van der Waals surface area contributed by atoms with Crippen LogP contribution in [0.15, 0.2) is 0 Å². The largest absolute Gasteiger partial charge is 0.462 e. The van der Waals surface area contributed by atoms with Gasteiger partial charge in [0.05, 0.1) is 6.61 Å².